The predicted octanol–water partition coefficient (Wildman–Crippen LogP) is -3.33. The third-order valence-electron chi connectivity index (χ3n) is 0.513. The summed E-state index contributed by atoms with van der Waals surface area (Å²) in [6.07, 6.45) is 6.30. The second kappa shape index (κ2) is 4.78. The maximum atomic E-state index is 10.1. The fourth-order valence-corrected chi connectivity index (χ4v) is 0.112. The maximum Gasteiger partial charge on any atom is 1.00 e. The first-order valence-electron chi connectivity index (χ1n) is 1.82. The van der Waals surface area contributed by atoms with Gasteiger partial charge in [0.15, 0.2) is 0 Å². The van der Waals surface area contributed by atoms with Gasteiger partial charge < -0.3 is 16.1 Å². The van der Waals surface area contributed by atoms with Crippen LogP contribution in [0.1, 0.15) is 0 Å². The summed E-state index contributed by atoms with van der Waals surface area (Å²) in [5.74, 6) is 1.30. The van der Waals surface area contributed by atoms with Crippen molar-refractivity contribution in [2.45, 2.75) is 0 Å². The fourth-order valence-electron chi connectivity index (χ4n) is 0.112. The zero-order chi connectivity index (χ0) is 5.86. The molecule has 0 radical (unpaired) electrons. The zero-order valence-corrected chi connectivity index (χ0v) is 5.36. The summed E-state index contributed by atoms with van der Waals surface area (Å²) in [6.45, 7) is 0. The van der Waals surface area contributed by atoms with Gasteiger partial charge in [0.05, 0.1) is 0 Å². The van der Waals surface area contributed by atoms with E-state index < -0.39 is 5.91 Å². The Bertz CT molecular complexity index is 114. The Morgan fingerprint density at radius 1 is 1.62 bits per heavy atom. The van der Waals surface area contributed by atoms with E-state index in [4.69, 9.17) is 6.42 Å². The predicted molar refractivity (Wildman–Crippen MR) is 25.8 cm³/mol. The van der Waals surface area contributed by atoms with Crippen molar-refractivity contribution in [1.82, 2.24) is 4.90 Å². The van der Waals surface area contributed by atoms with Gasteiger partial charge in [-0.05, 0) is 14.1 Å². The van der Waals surface area contributed by atoms with Crippen LogP contribution < -0.4 is 18.9 Å². The van der Waals surface area contributed by atoms with E-state index in [1.807, 2.05) is 0 Å². The average Bonchev–Trinajstić information content (AvgIpc) is 1.65. The molecule has 2 nitrogen and oxygen atoms in total. The molecule has 0 aliphatic rings. The minimum absolute atomic E-state index is 0. The van der Waals surface area contributed by atoms with E-state index in [9.17, 15) is 4.79 Å². The fraction of sp³-hybridized carbons (Fsp3) is 0.400. The monoisotopic (exact) mass is 103 g/mol. The van der Waals surface area contributed by atoms with Crippen molar-refractivity contribution >= 4 is 5.91 Å². The first kappa shape index (κ1) is 10.6. The standard InChI is InChI=1S/C5H6NO.Li/c1-4-5(7)6(2)3;/h2-3H3;/q-1;+1. The third-order valence-corrected chi connectivity index (χ3v) is 0.513. The number of hydrogen-bond acceptors (Lipinski definition) is 1. The van der Waals surface area contributed by atoms with Crippen LogP contribution in [0.2, 0.25) is 0 Å². The van der Waals surface area contributed by atoms with E-state index in [1.165, 1.54) is 4.90 Å². The summed E-state index contributed by atoms with van der Waals surface area (Å²) in [5.41, 5.74) is 0. The Labute approximate surface area is 61.4 Å². The van der Waals surface area contributed by atoms with Crippen LogP contribution in [-0.2, 0) is 4.79 Å². The number of nitrogens with zero attached hydrogens (tertiary/aromatic N) is 1. The van der Waals surface area contributed by atoms with Gasteiger partial charge in [-0.1, -0.05) is 0 Å². The molecule has 0 bridgehead atoms. The van der Waals surface area contributed by atoms with Gasteiger partial charge in [0.2, 0.25) is 0 Å². The van der Waals surface area contributed by atoms with E-state index >= 15 is 0 Å². The third kappa shape index (κ3) is 3.81. The molecule has 0 spiro atoms. The van der Waals surface area contributed by atoms with Crippen LogP contribution in [0.25, 0.3) is 0 Å². The van der Waals surface area contributed by atoms with Crippen LogP contribution in [0.3, 0.4) is 0 Å². The summed E-state index contributed by atoms with van der Waals surface area (Å²) in [7, 11) is 3.15. The van der Waals surface area contributed by atoms with Gasteiger partial charge in [-0.2, -0.15) is 0 Å². The van der Waals surface area contributed by atoms with Crippen molar-refractivity contribution < 1.29 is 23.7 Å². The van der Waals surface area contributed by atoms with Gasteiger partial charge >= 0.3 is 18.9 Å². The number of hydrogen-bond donors (Lipinski definition) is 0. The van der Waals surface area contributed by atoms with Crippen molar-refractivity contribution in [2.75, 3.05) is 14.1 Å². The summed E-state index contributed by atoms with van der Waals surface area (Å²) in [5, 5.41) is 0. The summed E-state index contributed by atoms with van der Waals surface area (Å²) >= 11 is 0. The minimum Gasteiger partial charge on any atom is -0.416 e. The van der Waals surface area contributed by atoms with Crippen LogP contribution in [0, 0.1) is 12.3 Å². The van der Waals surface area contributed by atoms with Crippen molar-refractivity contribution in [2.24, 2.45) is 0 Å². The molecule has 38 valence electrons. The van der Waals surface area contributed by atoms with Gasteiger partial charge in [0.1, 0.15) is 5.91 Å². The number of amides is 1. The first-order valence-corrected chi connectivity index (χ1v) is 1.82. The Balaban J connectivity index is 0. The smallest absolute Gasteiger partial charge is 0.416 e. The molecule has 0 aromatic carbocycles. The SMILES string of the molecule is [C-]#CC(=O)N(C)C.[Li+]. The number of rotatable bonds is 0. The van der Waals surface area contributed by atoms with Gasteiger partial charge in [-0.25, -0.2) is 5.92 Å². The van der Waals surface area contributed by atoms with Crippen LogP contribution in [-0.4, -0.2) is 24.9 Å². The molecule has 3 heteroatoms. The van der Waals surface area contributed by atoms with Crippen LogP contribution in [0.4, 0.5) is 0 Å². The van der Waals surface area contributed by atoms with Crippen LogP contribution >= 0.6 is 0 Å². The molecule has 0 N–H and O–H groups in total. The number of carbonyl (C=O) groups excluding carboxylic acids is 1. The Morgan fingerprint density at radius 2 is 2.00 bits per heavy atom. The largest absolute Gasteiger partial charge is 1.00 e. The molecule has 8 heavy (non-hydrogen) atoms. The topological polar surface area (TPSA) is 20.3 Å². The number of carbonyl (C=O) groups is 1. The molecule has 1 amide bonds. The Morgan fingerprint density at radius 3 is 2.00 bits per heavy atom. The molecule has 0 heterocycles. The summed E-state index contributed by atoms with van der Waals surface area (Å²) in [4.78, 5) is 11.4. The van der Waals surface area contributed by atoms with E-state index in [-0.39, 0.29) is 18.9 Å². The molecule has 0 aromatic rings. The van der Waals surface area contributed by atoms with Crippen LogP contribution in [0.5, 0.6) is 0 Å². The Hall–Kier alpha value is -0.373. The molecule has 0 unspecified atom stereocenters. The molecule has 0 aromatic heterocycles. The molecule has 0 saturated carbocycles. The summed E-state index contributed by atoms with van der Waals surface area (Å²) < 4.78 is 0. The molecule has 0 saturated heterocycles. The molecule has 0 aliphatic carbocycles. The quantitative estimate of drug-likeness (QED) is 0.178. The molecule has 0 aliphatic heterocycles. The zero-order valence-electron chi connectivity index (χ0n) is 5.36. The van der Waals surface area contributed by atoms with Crippen molar-refractivity contribution in [1.29, 1.82) is 0 Å². The molecule has 0 atom stereocenters. The van der Waals surface area contributed by atoms with Gasteiger partial charge in [0, 0.05) is 0 Å². The van der Waals surface area contributed by atoms with E-state index in [1.54, 1.807) is 20.0 Å². The summed E-state index contributed by atoms with van der Waals surface area (Å²) in [6, 6.07) is 0. The second-order valence-corrected chi connectivity index (χ2v) is 1.32. The average molecular weight is 103 g/mol. The Kier molecular flexibility index (Phi) is 6.32. The van der Waals surface area contributed by atoms with Crippen LogP contribution in [0.15, 0.2) is 0 Å². The van der Waals surface area contributed by atoms with E-state index in [0.29, 0.717) is 0 Å². The molecular weight excluding hydrogens is 97.0 g/mol. The maximum absolute atomic E-state index is 10.1. The van der Waals surface area contributed by atoms with Crippen molar-refractivity contribution in [3.8, 4) is 5.92 Å². The normalized spacial score (nSPS) is 6.12. The molecule has 0 fully saturated rings. The van der Waals surface area contributed by atoms with Crippen molar-refractivity contribution in [3.05, 3.63) is 6.42 Å². The van der Waals surface area contributed by atoms with Gasteiger partial charge in [0.25, 0.3) is 0 Å². The van der Waals surface area contributed by atoms with Gasteiger partial charge in [-0.15, -0.1) is 0 Å². The second-order valence-electron chi connectivity index (χ2n) is 1.32. The van der Waals surface area contributed by atoms with Gasteiger partial charge in [-0.3, -0.25) is 0 Å². The van der Waals surface area contributed by atoms with E-state index in [2.05, 4.69) is 0 Å². The van der Waals surface area contributed by atoms with Crippen molar-refractivity contribution in [3.63, 3.8) is 0 Å². The first-order chi connectivity index (χ1) is 3.18. The molecular formula is C5H6LiNO. The minimum atomic E-state index is -0.403. The van der Waals surface area contributed by atoms with E-state index in [0.717, 1.165) is 0 Å². The molecule has 0 rings (SSSR count).